The zero-order valence-corrected chi connectivity index (χ0v) is 13.9. The number of hydrogen-bond donors (Lipinski definition) is 3. The van der Waals surface area contributed by atoms with Crippen LogP contribution >= 0.6 is 0 Å². The van der Waals surface area contributed by atoms with E-state index >= 15 is 0 Å². The van der Waals surface area contributed by atoms with Crippen molar-refractivity contribution in [3.63, 3.8) is 0 Å². The van der Waals surface area contributed by atoms with Crippen molar-refractivity contribution in [3.05, 3.63) is 77.0 Å². The van der Waals surface area contributed by atoms with Crippen LogP contribution in [0.25, 0.3) is 0 Å². The molecule has 3 rings (SSSR count). The van der Waals surface area contributed by atoms with Crippen LogP contribution in [0.15, 0.2) is 53.3 Å². The molecule has 2 heterocycles. The van der Waals surface area contributed by atoms with Crippen LogP contribution in [0.5, 0.6) is 0 Å². The van der Waals surface area contributed by atoms with E-state index in [0.717, 1.165) is 0 Å². The van der Waals surface area contributed by atoms with Gasteiger partial charge in [0.15, 0.2) is 0 Å². The number of nitriles is 1. The summed E-state index contributed by atoms with van der Waals surface area (Å²) in [6, 6.07) is 11.6. The number of nitrogens with two attached hydrogens (primary N) is 1. The maximum atomic E-state index is 12.4. The summed E-state index contributed by atoms with van der Waals surface area (Å²) in [7, 11) is 0. The quantitative estimate of drug-likeness (QED) is 0.494. The van der Waals surface area contributed by atoms with Gasteiger partial charge in [-0.1, -0.05) is 0 Å². The highest BCUT2D eigenvalue weighted by Crippen LogP contribution is 2.22. The molecule has 1 amide bonds. The van der Waals surface area contributed by atoms with Crippen molar-refractivity contribution >= 4 is 23.0 Å². The molecule has 0 aliphatic carbocycles. The number of aryl methyl sites for hydroxylation is 1. The third-order valence-corrected chi connectivity index (χ3v) is 3.83. The number of rotatable bonds is 4. The third kappa shape index (κ3) is 3.30. The summed E-state index contributed by atoms with van der Waals surface area (Å²) in [5.74, 6) is -0.414. The number of carbonyl (C=O) groups is 1. The molecule has 1 aromatic carbocycles. The van der Waals surface area contributed by atoms with Gasteiger partial charge in [-0.25, -0.2) is 4.98 Å². The molecular formula is C19H15N5O2. The lowest BCUT2D eigenvalue weighted by Crippen LogP contribution is -2.15. The topological polar surface area (TPSA) is 129 Å². The summed E-state index contributed by atoms with van der Waals surface area (Å²) in [4.78, 5) is 16.5. The lowest BCUT2D eigenvalue weighted by molar-refractivity contribution is 0.102. The number of anilines is 2. The summed E-state index contributed by atoms with van der Waals surface area (Å²) >= 11 is 0. The first-order chi connectivity index (χ1) is 12.5. The lowest BCUT2D eigenvalue weighted by Gasteiger charge is -2.10. The highest BCUT2D eigenvalue weighted by atomic mass is 16.3. The highest BCUT2D eigenvalue weighted by Gasteiger charge is 2.14. The number of nitrogen functional groups attached to an aromatic ring is 1. The van der Waals surface area contributed by atoms with E-state index < -0.39 is 5.91 Å². The first-order valence-electron chi connectivity index (χ1n) is 7.69. The maximum absolute atomic E-state index is 12.4. The van der Waals surface area contributed by atoms with Crippen molar-refractivity contribution in [2.75, 3.05) is 11.1 Å². The third-order valence-electron chi connectivity index (χ3n) is 3.83. The van der Waals surface area contributed by atoms with Gasteiger partial charge in [-0.05, 0) is 43.3 Å². The molecule has 0 saturated carbocycles. The lowest BCUT2D eigenvalue weighted by atomic mass is 10.0. The van der Waals surface area contributed by atoms with Crippen LogP contribution in [0.2, 0.25) is 0 Å². The van der Waals surface area contributed by atoms with Gasteiger partial charge in [0.25, 0.3) is 5.91 Å². The molecule has 0 aliphatic rings. The molecule has 0 radical (unpaired) electrons. The molecule has 7 nitrogen and oxygen atoms in total. The molecule has 0 unspecified atom stereocenters. The van der Waals surface area contributed by atoms with Gasteiger partial charge in [0, 0.05) is 22.5 Å². The van der Waals surface area contributed by atoms with Crippen LogP contribution in [0, 0.1) is 23.7 Å². The number of amides is 1. The minimum Gasteiger partial charge on any atom is -0.472 e. The van der Waals surface area contributed by atoms with Gasteiger partial charge < -0.3 is 15.5 Å². The van der Waals surface area contributed by atoms with E-state index in [9.17, 15) is 4.79 Å². The molecule has 3 aromatic rings. The van der Waals surface area contributed by atoms with E-state index in [4.69, 9.17) is 20.8 Å². The second-order valence-corrected chi connectivity index (χ2v) is 5.58. The van der Waals surface area contributed by atoms with Crippen LogP contribution in [-0.4, -0.2) is 16.6 Å². The van der Waals surface area contributed by atoms with E-state index in [0.29, 0.717) is 33.8 Å². The number of carbonyl (C=O) groups excluding carboxylic acids is 1. The Kier molecular flexibility index (Phi) is 4.50. The maximum Gasteiger partial charge on any atom is 0.274 e. The fourth-order valence-electron chi connectivity index (χ4n) is 2.41. The Hall–Kier alpha value is -3.92. The first-order valence-corrected chi connectivity index (χ1v) is 7.69. The van der Waals surface area contributed by atoms with Gasteiger partial charge in [0.2, 0.25) is 0 Å². The van der Waals surface area contributed by atoms with Crippen LogP contribution in [0.3, 0.4) is 0 Å². The molecule has 4 N–H and O–H groups in total. The standard InChI is InChI=1S/C19H15N5O2/c1-11-12(9-20)2-5-17(23-11)19(25)24-14-3-4-16(21)15(8-14)18(22)13-6-7-26-10-13/h2-8,10,22H,21H2,1H3,(H,24,25). The molecule has 0 saturated heterocycles. The fourth-order valence-corrected chi connectivity index (χ4v) is 2.41. The number of nitrogens with zero attached hydrogens (tertiary/aromatic N) is 2. The van der Waals surface area contributed by atoms with Crippen molar-refractivity contribution in [2.45, 2.75) is 6.92 Å². The average Bonchev–Trinajstić information content (AvgIpc) is 3.17. The Morgan fingerprint density at radius 3 is 2.77 bits per heavy atom. The van der Waals surface area contributed by atoms with E-state index in [1.807, 2.05) is 6.07 Å². The van der Waals surface area contributed by atoms with Crippen molar-refractivity contribution in [2.24, 2.45) is 0 Å². The monoisotopic (exact) mass is 345 g/mol. The van der Waals surface area contributed by atoms with Gasteiger partial charge in [0.05, 0.1) is 29.5 Å². The fraction of sp³-hybridized carbons (Fsp3) is 0.0526. The summed E-state index contributed by atoms with van der Waals surface area (Å²) in [6.45, 7) is 1.67. The molecule has 2 aromatic heterocycles. The number of hydrogen-bond acceptors (Lipinski definition) is 6. The molecule has 0 aliphatic heterocycles. The molecule has 26 heavy (non-hydrogen) atoms. The zero-order chi connectivity index (χ0) is 18.7. The number of furan rings is 1. The summed E-state index contributed by atoms with van der Waals surface area (Å²) < 4.78 is 5.00. The average molecular weight is 345 g/mol. The SMILES string of the molecule is Cc1nc(C(=O)Nc2ccc(N)c(C(=N)c3ccoc3)c2)ccc1C#N. The highest BCUT2D eigenvalue weighted by molar-refractivity contribution is 6.14. The van der Waals surface area contributed by atoms with Crippen LogP contribution in [-0.2, 0) is 0 Å². The van der Waals surface area contributed by atoms with Crippen molar-refractivity contribution in [3.8, 4) is 6.07 Å². The van der Waals surface area contributed by atoms with Crippen molar-refractivity contribution in [1.29, 1.82) is 10.7 Å². The largest absolute Gasteiger partial charge is 0.472 e. The Bertz CT molecular complexity index is 1030. The van der Waals surface area contributed by atoms with Crippen molar-refractivity contribution < 1.29 is 9.21 Å². The zero-order valence-electron chi connectivity index (χ0n) is 13.9. The molecule has 128 valence electrons. The minimum atomic E-state index is -0.414. The van der Waals surface area contributed by atoms with Crippen molar-refractivity contribution in [1.82, 2.24) is 4.98 Å². The molecule has 0 spiro atoms. The van der Waals surface area contributed by atoms with Gasteiger partial charge in [-0.2, -0.15) is 5.26 Å². The normalized spacial score (nSPS) is 10.2. The molecule has 7 heteroatoms. The molecule has 0 bridgehead atoms. The number of pyridine rings is 1. The van der Waals surface area contributed by atoms with E-state index in [1.54, 1.807) is 37.3 Å². The van der Waals surface area contributed by atoms with Gasteiger partial charge >= 0.3 is 0 Å². The molecular weight excluding hydrogens is 330 g/mol. The number of benzene rings is 1. The summed E-state index contributed by atoms with van der Waals surface area (Å²) in [6.07, 6.45) is 2.93. The van der Waals surface area contributed by atoms with E-state index in [1.165, 1.54) is 18.6 Å². The Morgan fingerprint density at radius 1 is 1.31 bits per heavy atom. The first kappa shape index (κ1) is 16.9. The number of aromatic nitrogens is 1. The predicted octanol–water partition coefficient (Wildman–Crippen LogP) is 3.11. The second kappa shape index (κ2) is 6.91. The Morgan fingerprint density at radius 2 is 2.12 bits per heavy atom. The van der Waals surface area contributed by atoms with Crippen LogP contribution in [0.1, 0.15) is 32.9 Å². The van der Waals surface area contributed by atoms with E-state index in [2.05, 4.69) is 10.3 Å². The molecule has 0 fully saturated rings. The Labute approximate surface area is 149 Å². The van der Waals surface area contributed by atoms with E-state index in [-0.39, 0.29) is 11.4 Å². The predicted molar refractivity (Wildman–Crippen MR) is 97.1 cm³/mol. The molecule has 0 atom stereocenters. The summed E-state index contributed by atoms with van der Waals surface area (Å²) in [5.41, 5.74) is 9.23. The van der Waals surface area contributed by atoms with Gasteiger partial charge in [0.1, 0.15) is 11.8 Å². The van der Waals surface area contributed by atoms with Crippen LogP contribution < -0.4 is 11.1 Å². The smallest absolute Gasteiger partial charge is 0.274 e. The van der Waals surface area contributed by atoms with Gasteiger partial charge in [-0.3, -0.25) is 10.2 Å². The Balaban J connectivity index is 1.85. The number of nitrogens with one attached hydrogen (secondary N) is 2. The van der Waals surface area contributed by atoms with Gasteiger partial charge in [-0.15, -0.1) is 0 Å². The van der Waals surface area contributed by atoms with Crippen LogP contribution in [0.4, 0.5) is 11.4 Å². The summed E-state index contributed by atoms with van der Waals surface area (Å²) in [5, 5.41) is 19.9. The minimum absolute atomic E-state index is 0.194. The second-order valence-electron chi connectivity index (χ2n) is 5.58.